The number of amides is 2. The fourth-order valence-corrected chi connectivity index (χ4v) is 2.82. The zero-order valence-electron chi connectivity index (χ0n) is 14.6. The summed E-state index contributed by atoms with van der Waals surface area (Å²) in [7, 11) is 0. The number of aromatic amines is 1. The summed E-state index contributed by atoms with van der Waals surface area (Å²) in [6.45, 7) is 1.87. The van der Waals surface area contributed by atoms with Crippen LogP contribution in [0.15, 0.2) is 57.0 Å². The molecule has 0 saturated carbocycles. The Bertz CT molecular complexity index is 1050. The molecule has 3 aromatic rings. The molecule has 0 spiro atoms. The van der Waals surface area contributed by atoms with Crippen LogP contribution in [0.5, 0.6) is 0 Å². The highest BCUT2D eigenvalue weighted by atomic mass is 32.2. The molecule has 1 aromatic carbocycles. The molecule has 0 aliphatic rings. The molecule has 0 aliphatic carbocycles. The number of carbonyl (C=O) groups is 2. The van der Waals surface area contributed by atoms with Crippen LogP contribution in [-0.2, 0) is 0 Å². The van der Waals surface area contributed by atoms with Gasteiger partial charge < -0.3 is 15.1 Å². The summed E-state index contributed by atoms with van der Waals surface area (Å²) in [4.78, 5) is 43.9. The van der Waals surface area contributed by atoms with Crippen molar-refractivity contribution < 1.29 is 18.4 Å². The number of H-pyrrole nitrogens is 1. The number of nitrogens with one attached hydrogen (secondary N) is 3. The molecule has 2 heterocycles. The molecule has 0 unspecified atom stereocenters. The van der Waals surface area contributed by atoms with E-state index in [9.17, 15) is 18.8 Å². The number of benzene rings is 1. The Morgan fingerprint density at radius 1 is 1.18 bits per heavy atom. The molecule has 0 bridgehead atoms. The summed E-state index contributed by atoms with van der Waals surface area (Å²) in [6, 6.07) is 7.77. The number of carbonyl (C=O) groups excluding carboxylic acids is 2. The van der Waals surface area contributed by atoms with Crippen molar-refractivity contribution in [3.63, 3.8) is 0 Å². The molecule has 0 fully saturated rings. The van der Waals surface area contributed by atoms with Crippen molar-refractivity contribution in [2.45, 2.75) is 12.1 Å². The van der Waals surface area contributed by atoms with Crippen molar-refractivity contribution in [3.8, 4) is 0 Å². The van der Waals surface area contributed by atoms with Gasteiger partial charge in [-0.25, -0.2) is 9.37 Å². The molecule has 10 heteroatoms. The van der Waals surface area contributed by atoms with Crippen LogP contribution in [0.4, 0.5) is 15.9 Å². The minimum atomic E-state index is -0.656. The Labute approximate surface area is 162 Å². The molecular weight excluding hydrogens is 387 g/mol. The van der Waals surface area contributed by atoms with Crippen LogP contribution in [0.2, 0.25) is 0 Å². The Kier molecular flexibility index (Phi) is 5.90. The van der Waals surface area contributed by atoms with Crippen LogP contribution in [0.3, 0.4) is 0 Å². The number of hydrogen-bond acceptors (Lipinski definition) is 6. The molecule has 0 atom stereocenters. The monoisotopic (exact) mass is 402 g/mol. The second-order valence-corrected chi connectivity index (χ2v) is 6.67. The van der Waals surface area contributed by atoms with E-state index in [1.165, 1.54) is 42.3 Å². The van der Waals surface area contributed by atoms with Gasteiger partial charge in [0.2, 0.25) is 0 Å². The molecule has 8 nitrogen and oxygen atoms in total. The highest BCUT2D eigenvalue weighted by molar-refractivity contribution is 7.99. The molecule has 0 saturated heterocycles. The van der Waals surface area contributed by atoms with Crippen molar-refractivity contribution in [2.24, 2.45) is 0 Å². The number of furan rings is 1. The van der Waals surface area contributed by atoms with Gasteiger partial charge in [0.05, 0.1) is 6.26 Å². The number of anilines is 2. The average molecular weight is 402 g/mol. The van der Waals surface area contributed by atoms with E-state index in [0.29, 0.717) is 5.75 Å². The lowest BCUT2D eigenvalue weighted by Gasteiger charge is -2.11. The fourth-order valence-electron chi connectivity index (χ4n) is 2.23. The maximum Gasteiger partial charge on any atom is 0.292 e. The predicted octanol–water partition coefficient (Wildman–Crippen LogP) is 3.12. The van der Waals surface area contributed by atoms with Crippen molar-refractivity contribution >= 4 is 35.1 Å². The lowest BCUT2D eigenvalue weighted by Crippen LogP contribution is -2.25. The van der Waals surface area contributed by atoms with E-state index in [1.807, 2.05) is 6.92 Å². The molecule has 3 N–H and O–H groups in total. The SMILES string of the molecule is CCSc1nc(NC(=O)c2ccco2)c(NC(=O)c2ccc(F)cc2)c(=O)[nH]1. The van der Waals surface area contributed by atoms with E-state index in [2.05, 4.69) is 20.6 Å². The molecule has 28 heavy (non-hydrogen) atoms. The van der Waals surface area contributed by atoms with Crippen LogP contribution < -0.4 is 16.2 Å². The van der Waals surface area contributed by atoms with E-state index in [-0.39, 0.29) is 28.0 Å². The summed E-state index contributed by atoms with van der Waals surface area (Å²) < 4.78 is 18.1. The number of rotatable bonds is 6. The lowest BCUT2D eigenvalue weighted by atomic mass is 10.2. The molecule has 2 aromatic heterocycles. The Morgan fingerprint density at radius 2 is 1.93 bits per heavy atom. The largest absolute Gasteiger partial charge is 0.459 e. The topological polar surface area (TPSA) is 117 Å². The predicted molar refractivity (Wildman–Crippen MR) is 102 cm³/mol. The highest BCUT2D eigenvalue weighted by Gasteiger charge is 2.19. The summed E-state index contributed by atoms with van der Waals surface area (Å²) >= 11 is 1.26. The zero-order valence-corrected chi connectivity index (χ0v) is 15.4. The van der Waals surface area contributed by atoms with Crippen molar-refractivity contribution in [2.75, 3.05) is 16.4 Å². The molecular formula is C18H15FN4O4S. The number of nitrogens with zero attached hydrogens (tertiary/aromatic N) is 1. The third-order valence-corrected chi connectivity index (χ3v) is 4.26. The highest BCUT2D eigenvalue weighted by Crippen LogP contribution is 2.20. The number of halogens is 1. The summed E-state index contributed by atoms with van der Waals surface area (Å²) in [5.74, 6) is -1.26. The van der Waals surface area contributed by atoms with Gasteiger partial charge in [-0.3, -0.25) is 19.4 Å². The van der Waals surface area contributed by atoms with Gasteiger partial charge in [-0.1, -0.05) is 18.7 Å². The summed E-state index contributed by atoms with van der Waals surface area (Å²) in [5.41, 5.74) is -0.748. The van der Waals surface area contributed by atoms with Crippen molar-refractivity contribution in [1.82, 2.24) is 9.97 Å². The first kappa shape index (κ1) is 19.4. The van der Waals surface area contributed by atoms with Gasteiger partial charge in [-0.05, 0) is 42.2 Å². The Morgan fingerprint density at radius 3 is 2.57 bits per heavy atom. The van der Waals surface area contributed by atoms with Gasteiger partial charge >= 0.3 is 0 Å². The molecule has 144 valence electrons. The van der Waals surface area contributed by atoms with Gasteiger partial charge in [0, 0.05) is 5.56 Å². The lowest BCUT2D eigenvalue weighted by molar-refractivity contribution is 0.0992. The third kappa shape index (κ3) is 4.46. The quantitative estimate of drug-likeness (QED) is 0.431. The van der Waals surface area contributed by atoms with E-state index >= 15 is 0 Å². The van der Waals surface area contributed by atoms with Gasteiger partial charge in [0.25, 0.3) is 17.4 Å². The first-order valence-corrected chi connectivity index (χ1v) is 9.15. The number of thioether (sulfide) groups is 1. The summed E-state index contributed by atoms with van der Waals surface area (Å²) in [6.07, 6.45) is 1.33. The second kappa shape index (κ2) is 8.53. The minimum absolute atomic E-state index is 0.0163. The maximum absolute atomic E-state index is 13.0. The molecule has 2 amide bonds. The van der Waals surface area contributed by atoms with E-state index in [4.69, 9.17) is 4.42 Å². The molecule has 0 radical (unpaired) electrons. The van der Waals surface area contributed by atoms with Gasteiger partial charge in [0.15, 0.2) is 22.4 Å². The Hall–Kier alpha value is -3.40. The van der Waals surface area contributed by atoms with Crippen LogP contribution in [0.1, 0.15) is 27.8 Å². The van der Waals surface area contributed by atoms with Crippen molar-refractivity contribution in [1.29, 1.82) is 0 Å². The van der Waals surface area contributed by atoms with Gasteiger partial charge in [-0.2, -0.15) is 0 Å². The van der Waals surface area contributed by atoms with Crippen LogP contribution in [-0.4, -0.2) is 27.5 Å². The summed E-state index contributed by atoms with van der Waals surface area (Å²) in [5, 5.41) is 5.16. The van der Waals surface area contributed by atoms with Gasteiger partial charge in [0.1, 0.15) is 5.82 Å². The molecule has 0 aliphatic heterocycles. The normalized spacial score (nSPS) is 10.5. The number of hydrogen-bond donors (Lipinski definition) is 3. The smallest absolute Gasteiger partial charge is 0.292 e. The average Bonchev–Trinajstić information content (AvgIpc) is 3.20. The first-order valence-electron chi connectivity index (χ1n) is 8.17. The number of aromatic nitrogens is 2. The first-order chi connectivity index (χ1) is 13.5. The zero-order chi connectivity index (χ0) is 20.1. The van der Waals surface area contributed by atoms with E-state index in [0.717, 1.165) is 12.1 Å². The van der Waals surface area contributed by atoms with Crippen LogP contribution >= 0.6 is 11.8 Å². The third-order valence-electron chi connectivity index (χ3n) is 3.50. The van der Waals surface area contributed by atoms with E-state index < -0.39 is 23.2 Å². The fraction of sp³-hybridized carbons (Fsp3) is 0.111. The van der Waals surface area contributed by atoms with Crippen molar-refractivity contribution in [3.05, 3.63) is 70.2 Å². The maximum atomic E-state index is 13.0. The minimum Gasteiger partial charge on any atom is -0.459 e. The van der Waals surface area contributed by atoms with Gasteiger partial charge in [-0.15, -0.1) is 0 Å². The molecule has 3 rings (SSSR count). The van der Waals surface area contributed by atoms with Crippen LogP contribution in [0, 0.1) is 5.82 Å². The standard InChI is InChI=1S/C18H15FN4O4S/c1-2-28-18-22-14(21-16(25)12-4-3-9-27-12)13(17(26)23-18)20-15(24)10-5-7-11(19)8-6-10/h3-9H,2H2,1H3,(H,20,24)(H2,21,22,23,25,26). The van der Waals surface area contributed by atoms with Crippen LogP contribution in [0.25, 0.3) is 0 Å². The Balaban J connectivity index is 1.94. The van der Waals surface area contributed by atoms with E-state index in [1.54, 1.807) is 0 Å². The second-order valence-electron chi connectivity index (χ2n) is 5.42.